The minimum Gasteiger partial charge on any atom is -0.228 e. The second kappa shape index (κ2) is 8.56. The quantitative estimate of drug-likeness (QED) is 0.677. The third-order valence-electron chi connectivity index (χ3n) is 4.65. The summed E-state index contributed by atoms with van der Waals surface area (Å²) >= 11 is 0. The molecule has 0 radical (unpaired) electrons. The zero-order valence-electron chi connectivity index (χ0n) is 14.6. The Morgan fingerprint density at radius 1 is 0.760 bits per heavy atom. The van der Waals surface area contributed by atoms with Gasteiger partial charge < -0.3 is 0 Å². The van der Waals surface area contributed by atoms with Crippen LogP contribution < -0.4 is 0 Å². The zero-order valence-corrected chi connectivity index (χ0v) is 15.4. The fraction of sp³-hybridized carbons (Fsp3) is 0.400. The lowest BCUT2D eigenvalue weighted by atomic mass is 10.1. The number of benzene rings is 2. The van der Waals surface area contributed by atoms with Crippen LogP contribution in [-0.2, 0) is 22.7 Å². The van der Waals surface area contributed by atoms with Crippen LogP contribution in [0.25, 0.3) is 0 Å². The van der Waals surface area contributed by atoms with E-state index in [1.54, 1.807) is 50.2 Å². The van der Waals surface area contributed by atoms with Crippen molar-refractivity contribution in [2.24, 2.45) is 0 Å². The van der Waals surface area contributed by atoms with E-state index in [4.69, 9.17) is 0 Å². The molecule has 0 heterocycles. The van der Waals surface area contributed by atoms with E-state index in [1.807, 2.05) is 0 Å². The first-order valence-electron chi connectivity index (χ1n) is 8.59. The topological polar surface area (TPSA) is 34.1 Å². The van der Waals surface area contributed by atoms with Crippen molar-refractivity contribution in [3.05, 3.63) is 71.3 Å². The van der Waals surface area contributed by atoms with E-state index in [1.165, 1.54) is 12.1 Å². The molecule has 136 valence electrons. The van der Waals surface area contributed by atoms with Gasteiger partial charge in [-0.05, 0) is 48.9 Å². The van der Waals surface area contributed by atoms with Crippen LogP contribution in [0.3, 0.4) is 0 Å². The molecular formula is C20H24F2O2S. The molecule has 2 aromatic rings. The lowest BCUT2D eigenvalue weighted by Gasteiger charge is -2.23. The number of hydrogen-bond acceptors (Lipinski definition) is 2. The molecule has 0 bridgehead atoms. The Kier molecular flexibility index (Phi) is 6.71. The third kappa shape index (κ3) is 4.66. The number of hydrogen-bond donors (Lipinski definition) is 0. The molecule has 5 heteroatoms. The SMILES string of the molecule is CCC(Cc1ccccc1F)S(=O)(=O)C(CC)Cc1ccccc1F. The summed E-state index contributed by atoms with van der Waals surface area (Å²) < 4.78 is 54.0. The highest BCUT2D eigenvalue weighted by molar-refractivity contribution is 7.92. The number of sulfone groups is 1. The van der Waals surface area contributed by atoms with Gasteiger partial charge in [-0.3, -0.25) is 0 Å². The zero-order chi connectivity index (χ0) is 18.4. The van der Waals surface area contributed by atoms with E-state index in [9.17, 15) is 17.2 Å². The maximum absolute atomic E-state index is 13.9. The normalized spacial score (nSPS) is 14.2. The van der Waals surface area contributed by atoms with Gasteiger partial charge in [0.15, 0.2) is 9.84 Å². The highest BCUT2D eigenvalue weighted by Crippen LogP contribution is 2.24. The summed E-state index contributed by atoms with van der Waals surface area (Å²) in [6, 6.07) is 12.5. The molecule has 0 aromatic heterocycles. The predicted molar refractivity (Wildman–Crippen MR) is 97.3 cm³/mol. The first-order valence-corrected chi connectivity index (χ1v) is 10.2. The van der Waals surface area contributed by atoms with E-state index < -0.39 is 32.0 Å². The van der Waals surface area contributed by atoms with Gasteiger partial charge in [-0.15, -0.1) is 0 Å². The smallest absolute Gasteiger partial charge is 0.156 e. The molecule has 0 amide bonds. The van der Waals surface area contributed by atoms with E-state index >= 15 is 0 Å². The predicted octanol–water partition coefficient (Wildman–Crippen LogP) is 4.72. The van der Waals surface area contributed by atoms with Crippen molar-refractivity contribution in [1.29, 1.82) is 0 Å². The summed E-state index contributed by atoms with van der Waals surface area (Å²) in [5.41, 5.74) is 0.803. The van der Waals surface area contributed by atoms with Crippen LogP contribution in [0, 0.1) is 11.6 Å². The van der Waals surface area contributed by atoms with Crippen molar-refractivity contribution >= 4 is 9.84 Å². The van der Waals surface area contributed by atoms with Gasteiger partial charge >= 0.3 is 0 Å². The Bertz CT molecular complexity index is 741. The Balaban J connectivity index is 2.26. The van der Waals surface area contributed by atoms with Gasteiger partial charge in [0.05, 0.1) is 10.5 Å². The molecule has 2 unspecified atom stereocenters. The highest BCUT2D eigenvalue weighted by atomic mass is 32.2. The van der Waals surface area contributed by atoms with Crippen LogP contribution in [0.4, 0.5) is 8.78 Å². The van der Waals surface area contributed by atoms with Gasteiger partial charge in [-0.1, -0.05) is 50.2 Å². The summed E-state index contributed by atoms with van der Waals surface area (Å²) in [5, 5.41) is -1.36. The minimum atomic E-state index is -3.53. The van der Waals surface area contributed by atoms with Crippen molar-refractivity contribution in [2.75, 3.05) is 0 Å². The summed E-state index contributed by atoms with van der Waals surface area (Å²) in [6.07, 6.45) is 1.06. The van der Waals surface area contributed by atoms with Crippen molar-refractivity contribution in [3.63, 3.8) is 0 Å². The molecule has 2 nitrogen and oxygen atoms in total. The van der Waals surface area contributed by atoms with E-state index in [0.717, 1.165) is 0 Å². The fourth-order valence-electron chi connectivity index (χ4n) is 3.08. The van der Waals surface area contributed by atoms with Gasteiger partial charge in [0.25, 0.3) is 0 Å². The van der Waals surface area contributed by atoms with Gasteiger partial charge in [-0.2, -0.15) is 0 Å². The molecule has 0 aliphatic carbocycles. The molecule has 0 aliphatic heterocycles. The Morgan fingerprint density at radius 3 is 1.44 bits per heavy atom. The summed E-state index contributed by atoms with van der Waals surface area (Å²) in [5.74, 6) is -0.781. The van der Waals surface area contributed by atoms with Crippen LogP contribution in [0.1, 0.15) is 37.8 Å². The lowest BCUT2D eigenvalue weighted by Crippen LogP contribution is -2.34. The Labute approximate surface area is 148 Å². The summed E-state index contributed by atoms with van der Waals surface area (Å²) in [7, 11) is -3.53. The molecule has 0 N–H and O–H groups in total. The molecule has 0 saturated heterocycles. The average Bonchev–Trinajstić information content (AvgIpc) is 2.60. The highest BCUT2D eigenvalue weighted by Gasteiger charge is 2.33. The van der Waals surface area contributed by atoms with E-state index in [-0.39, 0.29) is 12.8 Å². The number of rotatable bonds is 8. The molecule has 0 fully saturated rings. The van der Waals surface area contributed by atoms with Gasteiger partial charge in [-0.25, -0.2) is 17.2 Å². The monoisotopic (exact) mass is 366 g/mol. The molecule has 0 aliphatic rings. The fourth-order valence-corrected chi connectivity index (χ4v) is 5.37. The van der Waals surface area contributed by atoms with Crippen LogP contribution in [0.15, 0.2) is 48.5 Å². The van der Waals surface area contributed by atoms with Crippen molar-refractivity contribution in [1.82, 2.24) is 0 Å². The largest absolute Gasteiger partial charge is 0.228 e. The molecule has 0 saturated carbocycles. The van der Waals surface area contributed by atoms with Crippen molar-refractivity contribution < 1.29 is 17.2 Å². The first kappa shape index (κ1) is 19.6. The molecule has 2 atom stereocenters. The van der Waals surface area contributed by atoms with Crippen molar-refractivity contribution in [3.8, 4) is 0 Å². The lowest BCUT2D eigenvalue weighted by molar-refractivity contribution is 0.543. The maximum atomic E-state index is 13.9. The standard InChI is InChI=1S/C20H24F2O2S/c1-3-17(13-15-9-5-7-11-19(15)21)25(23,24)18(4-2)14-16-10-6-8-12-20(16)22/h5-12,17-18H,3-4,13-14H2,1-2H3. The summed E-state index contributed by atoms with van der Waals surface area (Å²) in [6.45, 7) is 3.58. The van der Waals surface area contributed by atoms with Crippen LogP contribution in [-0.4, -0.2) is 18.9 Å². The molecule has 2 aromatic carbocycles. The van der Waals surface area contributed by atoms with E-state index in [0.29, 0.717) is 24.0 Å². The van der Waals surface area contributed by atoms with Gasteiger partial charge in [0.2, 0.25) is 0 Å². The van der Waals surface area contributed by atoms with Crippen LogP contribution >= 0.6 is 0 Å². The van der Waals surface area contributed by atoms with Gasteiger partial charge in [0.1, 0.15) is 11.6 Å². The Hall–Kier alpha value is -1.75. The molecule has 2 rings (SSSR count). The van der Waals surface area contributed by atoms with Crippen LogP contribution in [0.2, 0.25) is 0 Å². The van der Waals surface area contributed by atoms with E-state index in [2.05, 4.69) is 0 Å². The molecular weight excluding hydrogens is 342 g/mol. The summed E-state index contributed by atoms with van der Waals surface area (Å²) in [4.78, 5) is 0. The minimum absolute atomic E-state index is 0.138. The van der Waals surface area contributed by atoms with Crippen LogP contribution in [0.5, 0.6) is 0 Å². The average molecular weight is 366 g/mol. The Morgan fingerprint density at radius 2 is 1.12 bits per heavy atom. The van der Waals surface area contributed by atoms with Gasteiger partial charge in [0, 0.05) is 0 Å². The second-order valence-electron chi connectivity index (χ2n) is 6.24. The first-order chi connectivity index (χ1) is 11.9. The number of halogens is 2. The maximum Gasteiger partial charge on any atom is 0.156 e. The molecule has 0 spiro atoms. The second-order valence-corrected chi connectivity index (χ2v) is 8.75. The third-order valence-corrected chi connectivity index (χ3v) is 7.51. The van der Waals surface area contributed by atoms with Crippen molar-refractivity contribution in [2.45, 2.75) is 50.0 Å². The molecule has 25 heavy (non-hydrogen) atoms.